The molecule has 8 heteroatoms. The lowest BCUT2D eigenvalue weighted by Crippen LogP contribution is -2.32. The number of imide groups is 1. The van der Waals surface area contributed by atoms with Crippen LogP contribution in [0.3, 0.4) is 0 Å². The highest BCUT2D eigenvalue weighted by atomic mass is 19.1. The first-order chi connectivity index (χ1) is 16.0. The molecule has 1 atom stereocenters. The van der Waals surface area contributed by atoms with Crippen LogP contribution >= 0.6 is 0 Å². The number of rotatable bonds is 3. The van der Waals surface area contributed by atoms with E-state index in [2.05, 4.69) is 40.1 Å². The molecule has 1 N–H and O–H groups in total. The Kier molecular flexibility index (Phi) is 4.14. The number of hydrogen-bond donors (Lipinski definition) is 1. The number of imidazole rings is 1. The van der Waals surface area contributed by atoms with E-state index in [-0.39, 0.29) is 22.8 Å². The molecule has 2 amide bonds. The van der Waals surface area contributed by atoms with E-state index in [1.54, 1.807) is 12.4 Å². The maximum atomic E-state index is 14.3. The Morgan fingerprint density at radius 1 is 1.12 bits per heavy atom. The Morgan fingerprint density at radius 2 is 1.94 bits per heavy atom. The number of aromatic nitrogens is 2. The Hall–Kier alpha value is -4.07. The van der Waals surface area contributed by atoms with Crippen LogP contribution in [0.25, 0.3) is 11.2 Å². The lowest BCUT2D eigenvalue weighted by Gasteiger charge is -2.27. The molecule has 2 aromatic heterocycles. The summed E-state index contributed by atoms with van der Waals surface area (Å²) in [5.41, 5.74) is 4.11. The highest BCUT2D eigenvalue weighted by molar-refractivity contribution is 6.47. The molecule has 1 unspecified atom stereocenters. The van der Waals surface area contributed by atoms with Crippen molar-refractivity contribution in [2.24, 2.45) is 10.9 Å². The van der Waals surface area contributed by atoms with Crippen LogP contribution in [-0.4, -0.2) is 33.0 Å². The number of anilines is 1. The monoisotopic (exact) mass is 441 g/mol. The van der Waals surface area contributed by atoms with Gasteiger partial charge in [0, 0.05) is 30.2 Å². The molecule has 6 rings (SSSR count). The van der Waals surface area contributed by atoms with Crippen molar-refractivity contribution in [3.63, 3.8) is 0 Å². The first-order valence-corrected chi connectivity index (χ1v) is 10.8. The summed E-state index contributed by atoms with van der Waals surface area (Å²) in [5, 5.41) is 2.40. The van der Waals surface area contributed by atoms with Crippen molar-refractivity contribution < 1.29 is 14.0 Å². The number of amides is 2. The fourth-order valence-electron chi connectivity index (χ4n) is 5.02. The highest BCUT2D eigenvalue weighted by Gasteiger charge is 2.40. The molecule has 0 bridgehead atoms. The molecule has 33 heavy (non-hydrogen) atoms. The Labute approximate surface area is 189 Å². The zero-order chi connectivity index (χ0) is 22.9. The summed E-state index contributed by atoms with van der Waals surface area (Å²) in [7, 11) is 0. The van der Waals surface area contributed by atoms with Crippen LogP contribution in [0.2, 0.25) is 0 Å². The number of aliphatic imine (C=N–C) groups is 1. The van der Waals surface area contributed by atoms with Crippen molar-refractivity contribution in [1.29, 1.82) is 0 Å². The van der Waals surface area contributed by atoms with Crippen molar-refractivity contribution in [3.8, 4) is 0 Å². The van der Waals surface area contributed by atoms with Gasteiger partial charge < -0.3 is 4.90 Å². The van der Waals surface area contributed by atoms with Gasteiger partial charge in [0.05, 0.1) is 34.4 Å². The second kappa shape index (κ2) is 6.96. The van der Waals surface area contributed by atoms with Crippen LogP contribution in [0.1, 0.15) is 30.7 Å². The third kappa shape index (κ3) is 2.73. The van der Waals surface area contributed by atoms with E-state index >= 15 is 0 Å². The summed E-state index contributed by atoms with van der Waals surface area (Å²) in [6.45, 7) is 4.37. The predicted molar refractivity (Wildman–Crippen MR) is 122 cm³/mol. The largest absolute Gasteiger partial charge is 0.342 e. The number of halogens is 1. The average Bonchev–Trinajstić information content (AvgIpc) is 3.41. The van der Waals surface area contributed by atoms with Gasteiger partial charge in [0.15, 0.2) is 11.5 Å². The van der Waals surface area contributed by atoms with Gasteiger partial charge in [-0.2, -0.15) is 0 Å². The maximum Gasteiger partial charge on any atom is 0.261 e. The average molecular weight is 441 g/mol. The Balaban J connectivity index is 1.60. The van der Waals surface area contributed by atoms with Crippen LogP contribution in [0.4, 0.5) is 10.1 Å². The fraction of sp³-hybridized carbons (Fsp3) is 0.200. The first kappa shape index (κ1) is 19.6. The second-order valence-electron chi connectivity index (χ2n) is 8.74. The third-order valence-electron chi connectivity index (χ3n) is 6.53. The fourth-order valence-corrected chi connectivity index (χ4v) is 5.02. The molecule has 3 aliphatic heterocycles. The molecule has 7 nitrogen and oxygen atoms in total. The number of carbonyl (C=O) groups is 2. The summed E-state index contributed by atoms with van der Waals surface area (Å²) in [4.78, 5) is 37.0. The number of nitrogens with zero attached hydrogens (tertiary/aromatic N) is 4. The van der Waals surface area contributed by atoms with E-state index in [0.29, 0.717) is 17.3 Å². The van der Waals surface area contributed by atoms with Crippen LogP contribution in [-0.2, 0) is 16.0 Å². The number of hydrogen-bond acceptors (Lipinski definition) is 5. The van der Waals surface area contributed by atoms with E-state index in [1.165, 1.54) is 28.3 Å². The standard InChI is InChI=1S/C25H20FN5O2/c1-13(2)17-11-14-5-3-6-15-21(27-8-10-30(17)22(14)15)20-19(24(32)29-25(20)33)18-12-28-23-16(26)7-4-9-31(18)23/h3-10,12-13,17H,11H2,1-2H3,(H,29,32,33). The van der Waals surface area contributed by atoms with E-state index in [9.17, 15) is 14.0 Å². The SMILES string of the molecule is CC(C)C1Cc2cccc3c2N1C=CN=C3C1=C(c2cnc3c(F)cccn23)C(=O)NC1=O. The summed E-state index contributed by atoms with van der Waals surface area (Å²) in [6, 6.07) is 9.08. The van der Waals surface area contributed by atoms with Crippen LogP contribution in [0.5, 0.6) is 0 Å². The normalized spacial score (nSPS) is 19.5. The van der Waals surface area contributed by atoms with Gasteiger partial charge in [-0.15, -0.1) is 0 Å². The van der Waals surface area contributed by atoms with Crippen molar-refractivity contribution >= 4 is 34.4 Å². The lowest BCUT2D eigenvalue weighted by molar-refractivity contribution is -0.123. The molecule has 3 aromatic rings. The molecule has 0 aliphatic carbocycles. The lowest BCUT2D eigenvalue weighted by atomic mass is 9.94. The van der Waals surface area contributed by atoms with Crippen molar-refractivity contribution in [3.05, 3.63) is 83.3 Å². The zero-order valence-corrected chi connectivity index (χ0v) is 18.0. The number of carbonyl (C=O) groups excluding carboxylic acids is 2. The number of pyridine rings is 1. The summed E-state index contributed by atoms with van der Waals surface area (Å²) < 4.78 is 15.7. The molecule has 164 valence electrons. The van der Waals surface area contributed by atoms with Gasteiger partial charge in [-0.25, -0.2) is 9.37 Å². The van der Waals surface area contributed by atoms with E-state index in [0.717, 1.165) is 17.7 Å². The van der Waals surface area contributed by atoms with Gasteiger partial charge in [-0.05, 0) is 30.0 Å². The quantitative estimate of drug-likeness (QED) is 0.633. The summed E-state index contributed by atoms with van der Waals surface area (Å²) in [5.74, 6) is -1.18. The van der Waals surface area contributed by atoms with Gasteiger partial charge in [-0.3, -0.25) is 24.3 Å². The number of nitrogens with one attached hydrogen (secondary N) is 1. The molecular weight excluding hydrogens is 421 g/mol. The van der Waals surface area contributed by atoms with Crippen LogP contribution in [0, 0.1) is 11.7 Å². The van der Waals surface area contributed by atoms with E-state index in [1.807, 2.05) is 18.3 Å². The second-order valence-corrected chi connectivity index (χ2v) is 8.74. The molecular formula is C25H20FN5O2. The summed E-state index contributed by atoms with van der Waals surface area (Å²) in [6.07, 6.45) is 7.53. The van der Waals surface area contributed by atoms with Crippen molar-refractivity contribution in [2.45, 2.75) is 26.3 Å². The number of para-hydroxylation sites is 1. The van der Waals surface area contributed by atoms with E-state index < -0.39 is 17.6 Å². The minimum Gasteiger partial charge on any atom is -0.342 e. The number of fused-ring (bicyclic) bond motifs is 1. The van der Waals surface area contributed by atoms with Crippen molar-refractivity contribution in [2.75, 3.05) is 4.90 Å². The summed E-state index contributed by atoms with van der Waals surface area (Å²) >= 11 is 0. The first-order valence-electron chi connectivity index (χ1n) is 10.8. The Bertz CT molecular complexity index is 1460. The van der Waals surface area contributed by atoms with Gasteiger partial charge in [0.1, 0.15) is 0 Å². The molecule has 0 spiro atoms. The van der Waals surface area contributed by atoms with Gasteiger partial charge >= 0.3 is 0 Å². The molecule has 0 fully saturated rings. The van der Waals surface area contributed by atoms with Crippen LogP contribution in [0.15, 0.2) is 65.7 Å². The third-order valence-corrected chi connectivity index (χ3v) is 6.53. The Morgan fingerprint density at radius 3 is 2.76 bits per heavy atom. The molecule has 5 heterocycles. The molecule has 0 saturated heterocycles. The van der Waals surface area contributed by atoms with E-state index in [4.69, 9.17) is 0 Å². The molecule has 1 aromatic carbocycles. The van der Waals surface area contributed by atoms with Gasteiger partial charge in [0.25, 0.3) is 11.8 Å². The molecule has 0 saturated carbocycles. The maximum absolute atomic E-state index is 14.3. The van der Waals surface area contributed by atoms with Gasteiger partial charge in [0.2, 0.25) is 0 Å². The zero-order valence-electron chi connectivity index (χ0n) is 18.0. The number of benzene rings is 1. The molecule has 3 aliphatic rings. The predicted octanol–water partition coefficient (Wildman–Crippen LogP) is 3.24. The topological polar surface area (TPSA) is 79.1 Å². The minimum absolute atomic E-state index is 0.0840. The van der Waals surface area contributed by atoms with Crippen molar-refractivity contribution in [1.82, 2.24) is 14.7 Å². The minimum atomic E-state index is -0.554. The molecule has 0 radical (unpaired) electrons. The highest BCUT2D eigenvalue weighted by Crippen LogP contribution is 2.41. The van der Waals surface area contributed by atoms with Gasteiger partial charge in [-0.1, -0.05) is 32.0 Å². The van der Waals surface area contributed by atoms with Crippen LogP contribution < -0.4 is 10.2 Å². The smallest absolute Gasteiger partial charge is 0.261 e.